The minimum absolute atomic E-state index is 0.0263. The minimum atomic E-state index is -0.981. The van der Waals surface area contributed by atoms with Crippen molar-refractivity contribution in [3.05, 3.63) is 66.0 Å². The lowest BCUT2D eigenvalue weighted by atomic mass is 10.0. The van der Waals surface area contributed by atoms with Gasteiger partial charge in [0.2, 0.25) is 5.91 Å². The monoisotopic (exact) mass is 342 g/mol. The van der Waals surface area contributed by atoms with Crippen molar-refractivity contribution in [3.63, 3.8) is 0 Å². The Hall–Kier alpha value is -2.40. The van der Waals surface area contributed by atoms with Gasteiger partial charge in [0, 0.05) is 24.8 Å². The predicted octanol–water partition coefficient (Wildman–Crippen LogP) is 3.35. The van der Waals surface area contributed by atoms with E-state index in [0.717, 1.165) is 18.5 Å². The molecule has 4 nitrogen and oxygen atoms in total. The second-order valence-corrected chi connectivity index (χ2v) is 6.46. The molecule has 2 aromatic rings. The number of aliphatic hydroxyl groups excluding tert-OH is 1. The number of hydrogen-bond acceptors (Lipinski definition) is 3. The SMILES string of the molecule is O=C(CC(O)c1cccc(F)c1)N1CCCC(Nc2ccccc2)C1. The number of nitrogens with zero attached hydrogens (tertiary/aromatic N) is 1. The van der Waals surface area contributed by atoms with Gasteiger partial charge in [0.1, 0.15) is 5.82 Å². The Bertz CT molecular complexity index is 708. The zero-order valence-electron chi connectivity index (χ0n) is 14.1. The van der Waals surface area contributed by atoms with Crippen molar-refractivity contribution in [3.8, 4) is 0 Å². The second kappa shape index (κ2) is 8.12. The molecule has 132 valence electrons. The maximum absolute atomic E-state index is 13.3. The largest absolute Gasteiger partial charge is 0.388 e. The van der Waals surface area contributed by atoms with Crippen LogP contribution in [0.1, 0.15) is 30.9 Å². The van der Waals surface area contributed by atoms with Gasteiger partial charge in [0.15, 0.2) is 0 Å². The zero-order valence-corrected chi connectivity index (χ0v) is 14.1. The van der Waals surface area contributed by atoms with Crippen LogP contribution in [0, 0.1) is 5.82 Å². The molecule has 1 heterocycles. The molecule has 2 N–H and O–H groups in total. The van der Waals surface area contributed by atoms with E-state index in [1.165, 1.54) is 12.1 Å². The summed E-state index contributed by atoms with van der Waals surface area (Å²) in [5.41, 5.74) is 1.48. The lowest BCUT2D eigenvalue weighted by Crippen LogP contribution is -2.45. The van der Waals surface area contributed by atoms with Gasteiger partial charge in [-0.05, 0) is 42.7 Å². The maximum atomic E-state index is 13.3. The number of nitrogens with one attached hydrogen (secondary N) is 1. The Kier molecular flexibility index (Phi) is 5.66. The Morgan fingerprint density at radius 3 is 2.80 bits per heavy atom. The third kappa shape index (κ3) is 4.79. The number of aliphatic hydroxyl groups is 1. The molecule has 3 rings (SSSR count). The van der Waals surface area contributed by atoms with Gasteiger partial charge >= 0.3 is 0 Å². The van der Waals surface area contributed by atoms with Crippen molar-refractivity contribution in [2.24, 2.45) is 0 Å². The molecule has 2 aromatic carbocycles. The first-order chi connectivity index (χ1) is 12.1. The van der Waals surface area contributed by atoms with Crippen molar-refractivity contribution in [2.75, 3.05) is 18.4 Å². The molecule has 1 aliphatic heterocycles. The van der Waals surface area contributed by atoms with E-state index < -0.39 is 11.9 Å². The van der Waals surface area contributed by atoms with E-state index in [1.54, 1.807) is 17.0 Å². The van der Waals surface area contributed by atoms with Crippen molar-refractivity contribution < 1.29 is 14.3 Å². The number of likely N-dealkylation sites (tertiary alicyclic amines) is 1. The molecule has 0 saturated carbocycles. The smallest absolute Gasteiger partial charge is 0.225 e. The van der Waals surface area contributed by atoms with E-state index in [9.17, 15) is 14.3 Å². The van der Waals surface area contributed by atoms with Crippen LogP contribution in [-0.2, 0) is 4.79 Å². The fourth-order valence-electron chi connectivity index (χ4n) is 3.22. The molecule has 0 bridgehead atoms. The zero-order chi connectivity index (χ0) is 17.6. The lowest BCUT2D eigenvalue weighted by molar-refractivity contribution is -0.134. The van der Waals surface area contributed by atoms with E-state index in [4.69, 9.17) is 0 Å². The first-order valence-corrected chi connectivity index (χ1v) is 8.65. The van der Waals surface area contributed by atoms with Crippen LogP contribution in [0.2, 0.25) is 0 Å². The fourth-order valence-corrected chi connectivity index (χ4v) is 3.22. The highest BCUT2D eigenvalue weighted by molar-refractivity contribution is 5.77. The highest BCUT2D eigenvalue weighted by Crippen LogP contribution is 2.21. The van der Waals surface area contributed by atoms with Crippen LogP contribution in [0.4, 0.5) is 10.1 Å². The number of halogens is 1. The average molecular weight is 342 g/mol. The molecule has 0 aliphatic carbocycles. The number of carbonyl (C=O) groups excluding carboxylic acids is 1. The summed E-state index contributed by atoms with van der Waals surface area (Å²) in [6.07, 6.45) is 0.921. The highest BCUT2D eigenvalue weighted by atomic mass is 19.1. The Morgan fingerprint density at radius 2 is 2.04 bits per heavy atom. The number of amides is 1. The summed E-state index contributed by atoms with van der Waals surface area (Å²) in [5.74, 6) is -0.509. The van der Waals surface area contributed by atoms with Gasteiger partial charge in [0.25, 0.3) is 0 Å². The summed E-state index contributed by atoms with van der Waals surface area (Å²) >= 11 is 0. The molecule has 2 atom stereocenters. The summed E-state index contributed by atoms with van der Waals surface area (Å²) in [5, 5.41) is 13.7. The fraction of sp³-hybridized carbons (Fsp3) is 0.350. The molecule has 0 aromatic heterocycles. The Labute approximate surface area is 147 Å². The van der Waals surface area contributed by atoms with Crippen molar-refractivity contribution in [1.29, 1.82) is 0 Å². The third-order valence-corrected chi connectivity index (χ3v) is 4.52. The summed E-state index contributed by atoms with van der Waals surface area (Å²) in [6, 6.07) is 15.9. The number of carbonyl (C=O) groups is 1. The third-order valence-electron chi connectivity index (χ3n) is 4.52. The van der Waals surface area contributed by atoms with Crippen molar-refractivity contribution >= 4 is 11.6 Å². The average Bonchev–Trinajstić information content (AvgIpc) is 2.63. The normalized spacial score (nSPS) is 18.6. The molecule has 2 unspecified atom stereocenters. The van der Waals surface area contributed by atoms with Crippen LogP contribution < -0.4 is 5.32 Å². The van der Waals surface area contributed by atoms with Gasteiger partial charge in [-0.15, -0.1) is 0 Å². The lowest BCUT2D eigenvalue weighted by Gasteiger charge is -2.34. The van der Waals surface area contributed by atoms with Gasteiger partial charge in [-0.1, -0.05) is 30.3 Å². The van der Waals surface area contributed by atoms with Crippen LogP contribution in [0.3, 0.4) is 0 Å². The number of piperidine rings is 1. The summed E-state index contributed by atoms with van der Waals surface area (Å²) in [7, 11) is 0. The minimum Gasteiger partial charge on any atom is -0.388 e. The van der Waals surface area contributed by atoms with Gasteiger partial charge < -0.3 is 15.3 Å². The van der Waals surface area contributed by atoms with E-state index in [0.29, 0.717) is 18.7 Å². The molecule has 1 saturated heterocycles. The first-order valence-electron chi connectivity index (χ1n) is 8.65. The van der Waals surface area contributed by atoms with E-state index >= 15 is 0 Å². The van der Waals surface area contributed by atoms with E-state index in [1.807, 2.05) is 30.3 Å². The number of benzene rings is 2. The number of rotatable bonds is 5. The molecule has 1 amide bonds. The molecule has 25 heavy (non-hydrogen) atoms. The molecule has 1 aliphatic rings. The molecule has 0 spiro atoms. The standard InChI is InChI=1S/C20H23FN2O2/c21-16-7-4-6-15(12-16)19(24)13-20(25)23-11-5-10-18(14-23)22-17-8-2-1-3-9-17/h1-4,6-9,12,18-19,22,24H,5,10-11,13-14H2. The Balaban J connectivity index is 1.56. The molecular formula is C20H23FN2O2. The second-order valence-electron chi connectivity index (χ2n) is 6.46. The first kappa shape index (κ1) is 17.4. The summed E-state index contributed by atoms with van der Waals surface area (Å²) in [4.78, 5) is 14.3. The van der Waals surface area contributed by atoms with Gasteiger partial charge in [-0.2, -0.15) is 0 Å². The Morgan fingerprint density at radius 1 is 1.24 bits per heavy atom. The summed E-state index contributed by atoms with van der Waals surface area (Å²) in [6.45, 7) is 1.31. The summed E-state index contributed by atoms with van der Waals surface area (Å²) < 4.78 is 13.3. The quantitative estimate of drug-likeness (QED) is 0.876. The van der Waals surface area contributed by atoms with Crippen molar-refractivity contribution in [2.45, 2.75) is 31.4 Å². The van der Waals surface area contributed by atoms with Crippen LogP contribution >= 0.6 is 0 Å². The number of anilines is 1. The van der Waals surface area contributed by atoms with Crippen LogP contribution in [0.25, 0.3) is 0 Å². The predicted molar refractivity (Wildman–Crippen MR) is 95.6 cm³/mol. The molecular weight excluding hydrogens is 319 g/mol. The van der Waals surface area contributed by atoms with Crippen LogP contribution in [0.5, 0.6) is 0 Å². The number of hydrogen-bond donors (Lipinski definition) is 2. The van der Waals surface area contributed by atoms with Gasteiger partial charge in [0.05, 0.1) is 12.5 Å². The van der Waals surface area contributed by atoms with E-state index in [2.05, 4.69) is 5.32 Å². The van der Waals surface area contributed by atoms with Gasteiger partial charge in [-0.3, -0.25) is 4.79 Å². The van der Waals surface area contributed by atoms with Crippen LogP contribution in [0.15, 0.2) is 54.6 Å². The molecule has 1 fully saturated rings. The van der Waals surface area contributed by atoms with Gasteiger partial charge in [-0.25, -0.2) is 4.39 Å². The highest BCUT2D eigenvalue weighted by Gasteiger charge is 2.25. The number of para-hydroxylation sites is 1. The molecule has 5 heteroatoms. The molecule has 0 radical (unpaired) electrons. The topological polar surface area (TPSA) is 52.6 Å². The van der Waals surface area contributed by atoms with Crippen molar-refractivity contribution in [1.82, 2.24) is 4.90 Å². The maximum Gasteiger partial charge on any atom is 0.225 e. The van der Waals surface area contributed by atoms with E-state index in [-0.39, 0.29) is 18.4 Å². The van der Waals surface area contributed by atoms with Crippen LogP contribution in [-0.4, -0.2) is 35.0 Å².